The topological polar surface area (TPSA) is 72.4 Å². The average Bonchev–Trinajstić information content (AvgIpc) is 3.02. The molecule has 1 amide bonds. The lowest BCUT2D eigenvalue weighted by Gasteiger charge is -2.10. The van der Waals surface area contributed by atoms with E-state index >= 15 is 0 Å². The molecule has 1 aliphatic rings. The maximum absolute atomic E-state index is 12.0. The van der Waals surface area contributed by atoms with Crippen molar-refractivity contribution >= 4 is 11.4 Å². The first kappa shape index (κ1) is 12.2. The molecular weight excluding hydrogens is 240 g/mol. The standard InChI is InChI=1S/C14H18N4O/c15-12-5-4-10(7-12)14(19)16-8-11-9-17-18-6-2-1-3-13(11)18/h1-3,6,9-10,12H,4-5,7-8,15H2,(H,16,19)/t10-,12+/m0/s1. The number of amides is 1. The molecule has 0 bridgehead atoms. The van der Waals surface area contributed by atoms with Crippen LogP contribution in [0.25, 0.3) is 5.52 Å². The number of hydrogen-bond acceptors (Lipinski definition) is 3. The quantitative estimate of drug-likeness (QED) is 0.865. The van der Waals surface area contributed by atoms with Gasteiger partial charge in [0.25, 0.3) is 0 Å². The van der Waals surface area contributed by atoms with Crippen molar-refractivity contribution in [2.45, 2.75) is 31.8 Å². The molecular formula is C14H18N4O. The third-order valence-corrected chi connectivity index (χ3v) is 3.80. The molecule has 2 aromatic heterocycles. The van der Waals surface area contributed by atoms with Crippen LogP contribution in [-0.4, -0.2) is 21.6 Å². The molecule has 1 saturated carbocycles. The van der Waals surface area contributed by atoms with Crippen LogP contribution in [0, 0.1) is 5.92 Å². The average molecular weight is 258 g/mol. The van der Waals surface area contributed by atoms with Gasteiger partial charge in [-0.2, -0.15) is 5.10 Å². The lowest BCUT2D eigenvalue weighted by Crippen LogP contribution is -2.29. The zero-order chi connectivity index (χ0) is 13.2. The van der Waals surface area contributed by atoms with Crippen LogP contribution in [0.4, 0.5) is 0 Å². The van der Waals surface area contributed by atoms with E-state index in [1.165, 1.54) is 0 Å². The molecule has 1 fully saturated rings. The number of hydrogen-bond donors (Lipinski definition) is 2. The van der Waals surface area contributed by atoms with Crippen LogP contribution < -0.4 is 11.1 Å². The van der Waals surface area contributed by atoms with E-state index in [9.17, 15) is 4.79 Å². The van der Waals surface area contributed by atoms with Gasteiger partial charge >= 0.3 is 0 Å². The summed E-state index contributed by atoms with van der Waals surface area (Å²) in [6, 6.07) is 6.09. The number of carbonyl (C=O) groups excluding carboxylic acids is 1. The summed E-state index contributed by atoms with van der Waals surface area (Å²) in [6.07, 6.45) is 6.36. The first-order valence-electron chi connectivity index (χ1n) is 6.68. The zero-order valence-corrected chi connectivity index (χ0v) is 10.7. The van der Waals surface area contributed by atoms with E-state index in [4.69, 9.17) is 5.73 Å². The number of rotatable bonds is 3. The van der Waals surface area contributed by atoms with Crippen LogP contribution in [0.1, 0.15) is 24.8 Å². The maximum Gasteiger partial charge on any atom is 0.223 e. The van der Waals surface area contributed by atoms with Crippen molar-refractivity contribution < 1.29 is 4.79 Å². The Labute approximate surface area is 111 Å². The fourth-order valence-corrected chi connectivity index (χ4v) is 2.70. The maximum atomic E-state index is 12.0. The summed E-state index contributed by atoms with van der Waals surface area (Å²) in [4.78, 5) is 12.0. The van der Waals surface area contributed by atoms with Crippen molar-refractivity contribution in [1.29, 1.82) is 0 Å². The van der Waals surface area contributed by atoms with Crippen molar-refractivity contribution in [3.63, 3.8) is 0 Å². The van der Waals surface area contributed by atoms with Gasteiger partial charge in [0.1, 0.15) is 0 Å². The number of aromatic nitrogens is 2. The van der Waals surface area contributed by atoms with Crippen LogP contribution in [0.5, 0.6) is 0 Å². The Morgan fingerprint density at radius 3 is 3.16 bits per heavy atom. The first-order valence-corrected chi connectivity index (χ1v) is 6.68. The van der Waals surface area contributed by atoms with Gasteiger partial charge in [-0.1, -0.05) is 6.07 Å². The van der Waals surface area contributed by atoms with Crippen molar-refractivity contribution in [2.24, 2.45) is 11.7 Å². The number of pyridine rings is 1. The molecule has 3 N–H and O–H groups in total. The van der Waals surface area contributed by atoms with Crippen LogP contribution in [0.2, 0.25) is 0 Å². The predicted molar refractivity (Wildman–Crippen MR) is 72.4 cm³/mol. The molecule has 2 aromatic rings. The number of nitrogens with two attached hydrogens (primary N) is 1. The monoisotopic (exact) mass is 258 g/mol. The normalized spacial score (nSPS) is 22.8. The van der Waals surface area contributed by atoms with Gasteiger partial charge in [0.15, 0.2) is 0 Å². The van der Waals surface area contributed by atoms with Gasteiger partial charge in [0, 0.05) is 30.3 Å². The Balaban J connectivity index is 1.64. The van der Waals surface area contributed by atoms with E-state index < -0.39 is 0 Å². The zero-order valence-electron chi connectivity index (χ0n) is 10.7. The van der Waals surface area contributed by atoms with Gasteiger partial charge in [0.05, 0.1) is 11.7 Å². The number of carbonyl (C=O) groups is 1. The Morgan fingerprint density at radius 1 is 1.47 bits per heavy atom. The van der Waals surface area contributed by atoms with E-state index in [0.717, 1.165) is 30.3 Å². The van der Waals surface area contributed by atoms with Crippen molar-refractivity contribution in [1.82, 2.24) is 14.9 Å². The van der Waals surface area contributed by atoms with Gasteiger partial charge in [-0.05, 0) is 31.4 Å². The van der Waals surface area contributed by atoms with Crippen molar-refractivity contribution in [3.05, 3.63) is 36.2 Å². The summed E-state index contributed by atoms with van der Waals surface area (Å²) < 4.78 is 1.81. The lowest BCUT2D eigenvalue weighted by molar-refractivity contribution is -0.125. The van der Waals surface area contributed by atoms with E-state index in [0.29, 0.717) is 6.54 Å². The number of nitrogens with zero attached hydrogens (tertiary/aromatic N) is 2. The fraction of sp³-hybridized carbons (Fsp3) is 0.429. The molecule has 2 atom stereocenters. The molecule has 0 radical (unpaired) electrons. The van der Waals surface area contributed by atoms with E-state index in [-0.39, 0.29) is 17.9 Å². The van der Waals surface area contributed by atoms with Gasteiger partial charge in [-0.3, -0.25) is 4.79 Å². The number of nitrogens with one attached hydrogen (secondary N) is 1. The SMILES string of the molecule is N[C@@H]1CC[C@H](C(=O)NCc2cnn3ccccc23)C1. The third-order valence-electron chi connectivity index (χ3n) is 3.80. The van der Waals surface area contributed by atoms with E-state index in [1.54, 1.807) is 6.20 Å². The fourth-order valence-electron chi connectivity index (χ4n) is 2.70. The van der Waals surface area contributed by atoms with E-state index in [1.807, 2.05) is 28.9 Å². The Kier molecular flexibility index (Phi) is 3.21. The molecule has 0 unspecified atom stereocenters. The molecule has 1 aliphatic carbocycles. The van der Waals surface area contributed by atoms with Crippen molar-refractivity contribution in [3.8, 4) is 0 Å². The lowest BCUT2D eigenvalue weighted by atomic mass is 10.1. The second kappa shape index (κ2) is 5.01. The minimum absolute atomic E-state index is 0.0804. The Hall–Kier alpha value is -1.88. The minimum Gasteiger partial charge on any atom is -0.352 e. The third kappa shape index (κ3) is 2.46. The molecule has 100 valence electrons. The van der Waals surface area contributed by atoms with Crippen LogP contribution in [-0.2, 0) is 11.3 Å². The largest absolute Gasteiger partial charge is 0.352 e. The van der Waals surface area contributed by atoms with Gasteiger partial charge in [-0.25, -0.2) is 4.52 Å². The highest BCUT2D eigenvalue weighted by molar-refractivity contribution is 5.79. The van der Waals surface area contributed by atoms with Crippen molar-refractivity contribution in [2.75, 3.05) is 0 Å². The number of fused-ring (bicyclic) bond motifs is 1. The van der Waals surface area contributed by atoms with Crippen LogP contribution in [0.15, 0.2) is 30.6 Å². The highest BCUT2D eigenvalue weighted by Crippen LogP contribution is 2.24. The summed E-state index contributed by atoms with van der Waals surface area (Å²) in [6.45, 7) is 0.526. The van der Waals surface area contributed by atoms with Crippen LogP contribution in [0.3, 0.4) is 0 Å². The van der Waals surface area contributed by atoms with Gasteiger partial charge in [-0.15, -0.1) is 0 Å². The Morgan fingerprint density at radius 2 is 2.37 bits per heavy atom. The molecule has 0 saturated heterocycles. The molecule has 0 spiro atoms. The highest BCUT2D eigenvalue weighted by atomic mass is 16.1. The summed E-state index contributed by atoms with van der Waals surface area (Å²) in [5.41, 5.74) is 7.91. The summed E-state index contributed by atoms with van der Waals surface area (Å²) in [5, 5.41) is 7.24. The van der Waals surface area contributed by atoms with E-state index in [2.05, 4.69) is 10.4 Å². The summed E-state index contributed by atoms with van der Waals surface area (Å²) in [7, 11) is 0. The molecule has 3 rings (SSSR count). The molecule has 19 heavy (non-hydrogen) atoms. The minimum atomic E-state index is 0.0804. The molecule has 0 aromatic carbocycles. The molecule has 5 nitrogen and oxygen atoms in total. The first-order chi connectivity index (χ1) is 9.24. The molecule has 2 heterocycles. The predicted octanol–water partition coefficient (Wildman–Crippen LogP) is 1.08. The second-order valence-corrected chi connectivity index (χ2v) is 5.19. The molecule has 5 heteroatoms. The smallest absolute Gasteiger partial charge is 0.223 e. The molecule has 0 aliphatic heterocycles. The second-order valence-electron chi connectivity index (χ2n) is 5.19. The highest BCUT2D eigenvalue weighted by Gasteiger charge is 2.27. The van der Waals surface area contributed by atoms with Gasteiger partial charge in [0.2, 0.25) is 5.91 Å². The van der Waals surface area contributed by atoms with Crippen LogP contribution >= 0.6 is 0 Å². The summed E-state index contributed by atoms with van der Waals surface area (Å²) in [5.74, 6) is 0.195. The summed E-state index contributed by atoms with van der Waals surface area (Å²) >= 11 is 0. The van der Waals surface area contributed by atoms with Gasteiger partial charge < -0.3 is 11.1 Å². The Bertz CT molecular complexity index is 592.